The fraction of sp³-hybridized carbons (Fsp3) is 1.00. The van der Waals surface area contributed by atoms with Crippen LogP contribution in [0.2, 0.25) is 180 Å². The zero-order valence-electron chi connectivity index (χ0n) is 51.2. The van der Waals surface area contributed by atoms with Gasteiger partial charge in [0.25, 0.3) is 0 Å². The Morgan fingerprint density at radius 1 is 0.303 bits per heavy atom. The molecule has 0 aliphatic rings. The van der Waals surface area contributed by atoms with E-state index in [4.69, 9.17) is 66.0 Å². The van der Waals surface area contributed by atoms with E-state index in [9.17, 15) is 41.2 Å². The van der Waals surface area contributed by atoms with Gasteiger partial charge in [0, 0.05) is 19.8 Å². The lowest BCUT2D eigenvalue weighted by Gasteiger charge is -2.24. The SMILES string of the molecule is CCO[Si](C)(C)CC[Si](C)(C)O.CCO[Si](C)(C)CC[Si](C)(C)O.CCO[Si](C)(C)CC[Si](C)(C)O.C[SiH](C)O.C[SiH](C)O.C[SiH](C)O.C[SiH](C)O.C[SiH](C)O.O=[Si](O)[Si]([Si](=O)O)([Si](=O)O)[Si]([Si](=O)O)([Si](=O)O)[Si](=O)O. The second kappa shape index (κ2) is 48.6. The molecule has 0 aliphatic heterocycles. The Labute approximate surface area is 482 Å². The van der Waals surface area contributed by atoms with Crippen LogP contribution >= 0.6 is 0 Å². The molecule has 0 spiro atoms. The number of hydrogen-bond acceptors (Lipinski definition) is 17. The molecular formula is C34H112O23Si19. The molecule has 0 rings (SSSR count). The van der Waals surface area contributed by atoms with Crippen molar-refractivity contribution < 1.29 is 107 Å². The van der Waals surface area contributed by atoms with Gasteiger partial charge in [0.1, 0.15) is 0 Å². The Balaban J connectivity index is -0.000000102. The molecule has 0 radical (unpaired) electrons. The maximum Gasteiger partial charge on any atom is 0.483 e. The summed E-state index contributed by atoms with van der Waals surface area (Å²) in [6.45, 7) is 52.4. The first kappa shape index (κ1) is 96.5. The van der Waals surface area contributed by atoms with Crippen molar-refractivity contribution in [1.82, 2.24) is 0 Å². The molecule has 0 bridgehead atoms. The van der Waals surface area contributed by atoms with Crippen LogP contribution in [-0.4, -0.2) is 245 Å². The summed E-state index contributed by atoms with van der Waals surface area (Å²) in [5, 5.41) is 0. The Morgan fingerprint density at radius 2 is 0.408 bits per heavy atom. The van der Waals surface area contributed by atoms with Crippen LogP contribution in [0.3, 0.4) is 0 Å². The third-order valence-electron chi connectivity index (χ3n) is 8.11. The first-order valence-corrected chi connectivity index (χ1v) is 77.3. The molecule has 462 valence electrons. The standard InChI is InChI=1S/3C8H22O2Si2.5C2H8OSi.H6O12Si8/c3*1-6-10-12(4,5)8-7-11(2,3)9;5*1-4(2)3;1-13(2)19(14(3)4,15(5)6)20(16(7)8,17(9)10)18(11)12/h3*9H,6-8H2,1-5H3;5*3-4H,1-2H3;1,3,5,7,9,11H. The fourth-order valence-corrected chi connectivity index (χ4v) is 113. The summed E-state index contributed by atoms with van der Waals surface area (Å²) in [7, 11) is -42.6. The number of hydrogen-bond donors (Lipinski definition) is 14. The minimum atomic E-state index is -5.60. The third kappa shape index (κ3) is 66.1. The average Bonchev–Trinajstić information content (AvgIpc) is 3.12. The molecule has 42 heteroatoms. The third-order valence-corrected chi connectivity index (χ3v) is 117. The van der Waals surface area contributed by atoms with Crippen molar-refractivity contribution in [3.8, 4) is 0 Å². The average molecular weight is 1420 g/mol. The predicted molar refractivity (Wildman–Crippen MR) is 344 cm³/mol. The first-order valence-electron chi connectivity index (χ1n) is 25.3. The second-order valence-corrected chi connectivity index (χ2v) is 109. The molecule has 0 fully saturated rings. The summed E-state index contributed by atoms with van der Waals surface area (Å²) in [5.74, 6) is 0. The maximum atomic E-state index is 11.4. The van der Waals surface area contributed by atoms with E-state index < -0.39 is 158 Å². The van der Waals surface area contributed by atoms with Crippen LogP contribution in [0.1, 0.15) is 20.8 Å². The molecular weight excluding hydrogens is 1310 g/mol. The van der Waals surface area contributed by atoms with Crippen LogP contribution in [0.25, 0.3) is 0 Å². The lowest BCUT2D eigenvalue weighted by molar-refractivity contribution is 0.329. The van der Waals surface area contributed by atoms with Crippen LogP contribution in [0, 0.1) is 0 Å². The highest BCUT2D eigenvalue weighted by Crippen LogP contribution is 2.22. The van der Waals surface area contributed by atoms with Gasteiger partial charge in [-0.25, -0.2) is 0 Å². The quantitative estimate of drug-likeness (QED) is 0.0634. The van der Waals surface area contributed by atoms with Crippen molar-refractivity contribution in [3.63, 3.8) is 0 Å². The van der Waals surface area contributed by atoms with Gasteiger partial charge in [-0.2, -0.15) is 0 Å². The van der Waals surface area contributed by atoms with Crippen LogP contribution in [0.5, 0.6) is 0 Å². The minimum absolute atomic E-state index is 0.812. The summed E-state index contributed by atoms with van der Waals surface area (Å²) >= 11 is 0. The molecule has 23 nitrogen and oxygen atoms in total. The van der Waals surface area contributed by atoms with Gasteiger partial charge in [0.2, 0.25) is 0 Å². The van der Waals surface area contributed by atoms with Crippen molar-refractivity contribution in [2.24, 2.45) is 0 Å². The van der Waals surface area contributed by atoms with Gasteiger partial charge in [-0.1, -0.05) is 0 Å². The van der Waals surface area contributed by atoms with Crippen LogP contribution in [-0.2, 0) is 40.0 Å². The molecule has 0 aromatic heterocycles. The smallest absolute Gasteiger partial charge is 0.483 e. The Kier molecular flexibility index (Phi) is 61.7. The van der Waals surface area contributed by atoms with Gasteiger partial charge >= 0.3 is 63.0 Å². The van der Waals surface area contributed by atoms with Crippen molar-refractivity contribution >= 4 is 158 Å². The Bertz CT molecular complexity index is 1300. The summed E-state index contributed by atoms with van der Waals surface area (Å²) in [6, 6.07) is 6.22. The van der Waals surface area contributed by atoms with Gasteiger partial charge in [-0.05, 0) is 201 Å². The van der Waals surface area contributed by atoms with Crippen LogP contribution in [0.15, 0.2) is 0 Å². The highest BCUT2D eigenvalue weighted by molar-refractivity contribution is 8.14. The summed E-state index contributed by atoms with van der Waals surface area (Å²) in [5.41, 5.74) is 0. The molecule has 0 amide bonds. The highest BCUT2D eigenvalue weighted by Gasteiger charge is 2.91. The van der Waals surface area contributed by atoms with Crippen LogP contribution in [0.4, 0.5) is 0 Å². The van der Waals surface area contributed by atoms with E-state index in [0.717, 1.165) is 56.1 Å². The minimum Gasteiger partial charge on any atom is -0.542 e. The van der Waals surface area contributed by atoms with E-state index in [0.29, 0.717) is 0 Å². The van der Waals surface area contributed by atoms with Crippen molar-refractivity contribution in [2.45, 2.75) is 201 Å². The second-order valence-electron chi connectivity index (χ2n) is 22.3. The zero-order valence-corrected chi connectivity index (χ0v) is 71.0. The Hall–Kier alpha value is 1.28. The molecule has 0 saturated heterocycles. The molecule has 0 atom stereocenters. The molecule has 14 N–H and O–H groups in total. The first-order chi connectivity index (χ1) is 33.4. The van der Waals surface area contributed by atoms with Gasteiger partial charge in [-0.3, -0.25) is 0 Å². The Morgan fingerprint density at radius 3 is 0.474 bits per heavy atom. The molecule has 0 heterocycles. The topological polar surface area (TPSA) is 413 Å². The van der Waals surface area contributed by atoms with Gasteiger partial charge in [-0.15, -0.1) is 0 Å². The molecule has 0 unspecified atom stereocenters. The predicted octanol–water partition coefficient (Wildman–Crippen LogP) is -0.0145. The van der Waals surface area contributed by atoms with E-state index in [1.807, 2.05) is 126 Å². The van der Waals surface area contributed by atoms with Crippen molar-refractivity contribution in [1.29, 1.82) is 0 Å². The highest BCUT2D eigenvalue weighted by atomic mass is 30.4. The summed E-state index contributed by atoms with van der Waals surface area (Å²) < 4.78 is 85.3. The molecule has 0 aromatic carbocycles. The van der Waals surface area contributed by atoms with E-state index in [1.165, 1.54) is 0 Å². The van der Waals surface area contributed by atoms with Gasteiger partial charge in [0.15, 0.2) is 95.1 Å². The molecule has 0 aromatic rings. The molecule has 0 saturated carbocycles. The molecule has 0 aliphatic carbocycles. The van der Waals surface area contributed by atoms with E-state index in [2.05, 4.69) is 39.3 Å². The summed E-state index contributed by atoms with van der Waals surface area (Å²) in [6.07, 6.45) is -11.2. The van der Waals surface area contributed by atoms with E-state index >= 15 is 0 Å². The monoisotopic (exact) mass is 1420 g/mol. The van der Waals surface area contributed by atoms with E-state index in [-0.39, 0.29) is 0 Å². The zero-order chi connectivity index (χ0) is 63.8. The molecule has 76 heavy (non-hydrogen) atoms. The van der Waals surface area contributed by atoms with Gasteiger partial charge in [0.05, 0.1) is 0 Å². The van der Waals surface area contributed by atoms with E-state index in [1.54, 1.807) is 0 Å². The van der Waals surface area contributed by atoms with Gasteiger partial charge < -0.3 is 107 Å². The van der Waals surface area contributed by atoms with Crippen molar-refractivity contribution in [2.75, 3.05) is 19.8 Å². The lowest BCUT2D eigenvalue weighted by atomic mass is 10.9. The lowest BCUT2D eigenvalue weighted by Crippen LogP contribution is -2.91. The largest absolute Gasteiger partial charge is 0.542 e. The fourth-order valence-electron chi connectivity index (χ4n) is 4.72. The van der Waals surface area contributed by atoms with Crippen molar-refractivity contribution in [3.05, 3.63) is 0 Å². The maximum absolute atomic E-state index is 11.4. The normalized spacial score (nSPS) is 11.8. The number of rotatable bonds is 22. The summed E-state index contributed by atoms with van der Waals surface area (Å²) in [4.78, 5) is 125. The van der Waals surface area contributed by atoms with Crippen LogP contribution < -0.4 is 0 Å².